The first-order valence-electron chi connectivity index (χ1n) is 4.44. The van der Waals surface area contributed by atoms with Crippen LogP contribution in [-0.2, 0) is 7.05 Å². The van der Waals surface area contributed by atoms with Crippen molar-refractivity contribution in [2.45, 2.75) is 0 Å². The van der Waals surface area contributed by atoms with Crippen LogP contribution >= 0.6 is 27.5 Å². The Kier molecular flexibility index (Phi) is 2.90. The summed E-state index contributed by atoms with van der Waals surface area (Å²) in [4.78, 5) is 4.01. The van der Waals surface area contributed by atoms with Crippen molar-refractivity contribution in [3.63, 3.8) is 0 Å². The van der Waals surface area contributed by atoms with E-state index in [4.69, 9.17) is 17.3 Å². The molecular weight excluding hydrogens is 296 g/mol. The number of nitrogens with two attached hydrogens (primary N) is 1. The molecule has 0 atom stereocenters. The number of imidazole rings is 1. The summed E-state index contributed by atoms with van der Waals surface area (Å²) in [6.45, 7) is 0. The van der Waals surface area contributed by atoms with Gasteiger partial charge in [-0.2, -0.15) is 0 Å². The summed E-state index contributed by atoms with van der Waals surface area (Å²) in [5.41, 5.74) is 6.57. The van der Waals surface area contributed by atoms with Gasteiger partial charge in [-0.3, -0.25) is 0 Å². The number of anilines is 1. The van der Waals surface area contributed by atoms with E-state index in [1.807, 2.05) is 0 Å². The molecule has 0 aliphatic rings. The lowest BCUT2D eigenvalue weighted by molar-refractivity contribution is 0.629. The Morgan fingerprint density at radius 2 is 2.19 bits per heavy atom. The van der Waals surface area contributed by atoms with E-state index in [1.54, 1.807) is 11.6 Å². The lowest BCUT2D eigenvalue weighted by Crippen LogP contribution is -1.99. The molecule has 0 amide bonds. The molecule has 0 aliphatic heterocycles. The average molecular weight is 305 g/mol. The molecular formula is C10H8BrClFN3. The van der Waals surface area contributed by atoms with Gasteiger partial charge < -0.3 is 10.3 Å². The molecule has 84 valence electrons. The van der Waals surface area contributed by atoms with Crippen LogP contribution in [0.25, 0.3) is 11.3 Å². The molecule has 3 nitrogen and oxygen atoms in total. The highest BCUT2D eigenvalue weighted by Gasteiger charge is 2.16. The topological polar surface area (TPSA) is 43.8 Å². The smallest absolute Gasteiger partial charge is 0.201 e. The van der Waals surface area contributed by atoms with E-state index in [0.717, 1.165) is 0 Å². The van der Waals surface area contributed by atoms with Gasteiger partial charge in [-0.05, 0) is 34.1 Å². The molecule has 16 heavy (non-hydrogen) atoms. The predicted octanol–water partition coefficient (Wildman–Crippen LogP) is 3.22. The maximum atomic E-state index is 13.7. The highest BCUT2D eigenvalue weighted by molar-refractivity contribution is 9.10. The second-order valence-corrected chi connectivity index (χ2v) is 4.48. The van der Waals surface area contributed by atoms with Gasteiger partial charge >= 0.3 is 0 Å². The Labute approximate surface area is 105 Å². The van der Waals surface area contributed by atoms with Gasteiger partial charge in [0.15, 0.2) is 0 Å². The molecule has 0 bridgehead atoms. The van der Waals surface area contributed by atoms with E-state index in [9.17, 15) is 4.39 Å². The van der Waals surface area contributed by atoms with Crippen molar-refractivity contribution < 1.29 is 4.39 Å². The molecule has 0 unspecified atom stereocenters. The highest BCUT2D eigenvalue weighted by Crippen LogP contribution is 2.32. The number of benzene rings is 1. The van der Waals surface area contributed by atoms with E-state index in [1.165, 1.54) is 18.2 Å². The number of hydrogen-bond donors (Lipinski definition) is 1. The zero-order valence-electron chi connectivity index (χ0n) is 8.34. The van der Waals surface area contributed by atoms with Crippen LogP contribution < -0.4 is 5.73 Å². The molecule has 0 spiro atoms. The molecule has 6 heteroatoms. The van der Waals surface area contributed by atoms with Crippen molar-refractivity contribution >= 4 is 33.5 Å². The summed E-state index contributed by atoms with van der Waals surface area (Å²) in [6, 6.07) is 4.35. The first-order valence-corrected chi connectivity index (χ1v) is 5.61. The molecule has 0 radical (unpaired) electrons. The second kappa shape index (κ2) is 4.07. The second-order valence-electron chi connectivity index (χ2n) is 3.29. The third kappa shape index (κ3) is 1.81. The number of rotatable bonds is 1. The number of nitrogen functional groups attached to an aromatic ring is 1. The summed E-state index contributed by atoms with van der Waals surface area (Å²) < 4.78 is 15.8. The quantitative estimate of drug-likeness (QED) is 0.879. The fraction of sp³-hybridized carbons (Fsp3) is 0.100. The first kappa shape index (κ1) is 11.4. The molecule has 1 aromatic carbocycles. The monoisotopic (exact) mass is 303 g/mol. The van der Waals surface area contributed by atoms with Crippen LogP contribution in [0.1, 0.15) is 0 Å². The summed E-state index contributed by atoms with van der Waals surface area (Å²) in [6.07, 6.45) is 0. The fourth-order valence-electron chi connectivity index (χ4n) is 1.45. The van der Waals surface area contributed by atoms with Gasteiger partial charge in [0.2, 0.25) is 5.95 Å². The number of hydrogen-bond acceptors (Lipinski definition) is 2. The van der Waals surface area contributed by atoms with Crippen LogP contribution in [0.15, 0.2) is 22.8 Å². The molecule has 1 heterocycles. The van der Waals surface area contributed by atoms with Gasteiger partial charge in [0.25, 0.3) is 0 Å². The van der Waals surface area contributed by atoms with Gasteiger partial charge in [-0.1, -0.05) is 11.6 Å². The zero-order chi connectivity index (χ0) is 11.9. The van der Waals surface area contributed by atoms with Crippen molar-refractivity contribution in [2.75, 3.05) is 5.73 Å². The minimum absolute atomic E-state index is 0.307. The maximum Gasteiger partial charge on any atom is 0.201 e. The summed E-state index contributed by atoms with van der Waals surface area (Å²) in [5, 5.41) is 0.461. The minimum atomic E-state index is -0.367. The SMILES string of the molecule is Cn1c(N)nc(Br)c1-c1cc(Cl)ccc1F. The van der Waals surface area contributed by atoms with Gasteiger partial charge in [-0.25, -0.2) is 9.37 Å². The van der Waals surface area contributed by atoms with Crippen LogP contribution in [0.2, 0.25) is 5.02 Å². The minimum Gasteiger partial charge on any atom is -0.369 e. The van der Waals surface area contributed by atoms with Gasteiger partial charge in [-0.15, -0.1) is 0 Å². The Hall–Kier alpha value is -1.07. The maximum absolute atomic E-state index is 13.7. The standard InChI is InChI=1S/C10H8BrClFN3/c1-16-8(9(11)15-10(16)14)6-4-5(12)2-3-7(6)13/h2-4H,1H3,(H2,14,15). The zero-order valence-corrected chi connectivity index (χ0v) is 10.7. The summed E-state index contributed by atoms with van der Waals surface area (Å²) in [5.74, 6) is -0.0608. The Balaban J connectivity index is 2.71. The molecule has 0 saturated heterocycles. The Bertz CT molecular complexity index is 553. The Morgan fingerprint density at radius 3 is 2.75 bits per heavy atom. The molecule has 2 aromatic rings. The third-order valence-corrected chi connectivity index (χ3v) is 3.06. The van der Waals surface area contributed by atoms with Gasteiger partial charge in [0.1, 0.15) is 10.4 Å². The van der Waals surface area contributed by atoms with Crippen LogP contribution in [-0.4, -0.2) is 9.55 Å². The van der Waals surface area contributed by atoms with Crippen LogP contribution in [0.4, 0.5) is 10.3 Å². The summed E-state index contributed by atoms with van der Waals surface area (Å²) >= 11 is 9.08. The van der Waals surface area contributed by atoms with Crippen molar-refractivity contribution in [2.24, 2.45) is 7.05 Å². The number of aromatic nitrogens is 2. The predicted molar refractivity (Wildman–Crippen MR) is 65.7 cm³/mol. The van der Waals surface area contributed by atoms with E-state index in [2.05, 4.69) is 20.9 Å². The molecule has 2 rings (SSSR count). The van der Waals surface area contributed by atoms with Crippen LogP contribution in [0.3, 0.4) is 0 Å². The van der Waals surface area contributed by atoms with E-state index in [0.29, 0.717) is 26.8 Å². The lowest BCUT2D eigenvalue weighted by atomic mass is 10.1. The highest BCUT2D eigenvalue weighted by atomic mass is 79.9. The van der Waals surface area contributed by atoms with Crippen LogP contribution in [0, 0.1) is 5.82 Å². The van der Waals surface area contributed by atoms with Crippen molar-refractivity contribution in [3.8, 4) is 11.3 Å². The van der Waals surface area contributed by atoms with E-state index < -0.39 is 0 Å². The van der Waals surface area contributed by atoms with Crippen molar-refractivity contribution in [1.82, 2.24) is 9.55 Å². The molecule has 1 aromatic heterocycles. The first-order chi connectivity index (χ1) is 7.50. The molecule has 2 N–H and O–H groups in total. The normalized spacial score (nSPS) is 10.8. The number of nitrogens with zero attached hydrogens (tertiary/aromatic N) is 2. The van der Waals surface area contributed by atoms with Gasteiger partial charge in [0.05, 0.1) is 5.69 Å². The van der Waals surface area contributed by atoms with E-state index >= 15 is 0 Å². The Morgan fingerprint density at radius 1 is 1.50 bits per heavy atom. The average Bonchev–Trinajstić information content (AvgIpc) is 2.46. The molecule has 0 fully saturated rings. The fourth-order valence-corrected chi connectivity index (χ4v) is 2.29. The van der Waals surface area contributed by atoms with Crippen molar-refractivity contribution in [1.29, 1.82) is 0 Å². The number of halogens is 3. The summed E-state index contributed by atoms with van der Waals surface area (Å²) in [7, 11) is 1.71. The lowest BCUT2D eigenvalue weighted by Gasteiger charge is -2.06. The van der Waals surface area contributed by atoms with Crippen molar-refractivity contribution in [3.05, 3.63) is 33.6 Å². The van der Waals surface area contributed by atoms with Crippen LogP contribution in [0.5, 0.6) is 0 Å². The van der Waals surface area contributed by atoms with E-state index in [-0.39, 0.29) is 5.82 Å². The molecule has 0 saturated carbocycles. The largest absolute Gasteiger partial charge is 0.369 e. The third-order valence-electron chi connectivity index (χ3n) is 2.27. The van der Waals surface area contributed by atoms with Gasteiger partial charge in [0, 0.05) is 17.6 Å². The molecule has 0 aliphatic carbocycles.